The minimum atomic E-state index is -0.241. The lowest BCUT2D eigenvalue weighted by atomic mass is 9.88. The van der Waals surface area contributed by atoms with Crippen molar-refractivity contribution >= 4 is 8.80 Å². The topological polar surface area (TPSA) is 0 Å². The van der Waals surface area contributed by atoms with Crippen molar-refractivity contribution in [2.45, 2.75) is 57.7 Å². The largest absolute Gasteiger partial charge is 0.0722 e. The molecule has 0 aromatic heterocycles. The van der Waals surface area contributed by atoms with Crippen LogP contribution in [0.4, 0.5) is 0 Å². The van der Waals surface area contributed by atoms with E-state index in [1.165, 1.54) is 19.3 Å². The average molecular weight is 170 g/mol. The Hall–Kier alpha value is 0.217. The molecule has 0 atom stereocenters. The molecule has 0 unspecified atom stereocenters. The van der Waals surface area contributed by atoms with Crippen LogP contribution in [0.25, 0.3) is 0 Å². The quantitative estimate of drug-likeness (QED) is 0.569. The van der Waals surface area contributed by atoms with Gasteiger partial charge in [-0.1, -0.05) is 57.7 Å². The Balaban J connectivity index is 2.05. The van der Waals surface area contributed by atoms with E-state index in [2.05, 4.69) is 13.1 Å². The van der Waals surface area contributed by atoms with Crippen molar-refractivity contribution in [3.05, 3.63) is 0 Å². The third-order valence-electron chi connectivity index (χ3n) is 2.88. The molecule has 0 radical (unpaired) electrons. The minimum Gasteiger partial charge on any atom is -0.0722 e. The summed E-state index contributed by atoms with van der Waals surface area (Å²) in [6, 6.07) is 1.59. The lowest BCUT2D eigenvalue weighted by molar-refractivity contribution is 0.349. The van der Waals surface area contributed by atoms with E-state index in [9.17, 15) is 0 Å². The summed E-state index contributed by atoms with van der Waals surface area (Å²) in [4.78, 5) is 0. The van der Waals surface area contributed by atoms with E-state index >= 15 is 0 Å². The Bertz CT molecular complexity index is 93.0. The summed E-state index contributed by atoms with van der Waals surface area (Å²) in [5.74, 6) is 1.12. The molecule has 0 spiro atoms. The number of hydrogen-bond acceptors (Lipinski definition) is 0. The molecule has 11 heavy (non-hydrogen) atoms. The van der Waals surface area contributed by atoms with Crippen LogP contribution in [-0.2, 0) is 0 Å². The summed E-state index contributed by atoms with van der Waals surface area (Å²) in [6.45, 7) is 4.95. The van der Waals surface area contributed by atoms with Gasteiger partial charge in [-0.25, -0.2) is 0 Å². The molecule has 0 saturated heterocycles. The fourth-order valence-electron chi connectivity index (χ4n) is 2.04. The summed E-state index contributed by atoms with van der Waals surface area (Å²) < 4.78 is 0. The second kappa shape index (κ2) is 4.97. The summed E-state index contributed by atoms with van der Waals surface area (Å²) >= 11 is 0. The molecule has 0 amide bonds. The van der Waals surface area contributed by atoms with E-state index in [-0.39, 0.29) is 8.80 Å². The third-order valence-corrected chi connectivity index (χ3v) is 4.37. The molecule has 0 N–H and O–H groups in total. The zero-order valence-electron chi connectivity index (χ0n) is 8.10. The lowest BCUT2D eigenvalue weighted by Crippen LogP contribution is -2.09. The van der Waals surface area contributed by atoms with E-state index in [0.29, 0.717) is 0 Å². The summed E-state index contributed by atoms with van der Waals surface area (Å²) in [6.07, 6.45) is 9.19. The zero-order chi connectivity index (χ0) is 8.10. The molecule has 1 fully saturated rings. The van der Waals surface area contributed by atoms with Crippen molar-refractivity contribution in [2.75, 3.05) is 0 Å². The molecular weight excluding hydrogens is 148 g/mol. The molecular formula is C10H22Si. The maximum atomic E-state index is 2.48. The van der Waals surface area contributed by atoms with Gasteiger partial charge in [0.2, 0.25) is 0 Å². The van der Waals surface area contributed by atoms with E-state index < -0.39 is 0 Å². The minimum absolute atomic E-state index is 0.241. The maximum Gasteiger partial charge on any atom is 0.0305 e. The van der Waals surface area contributed by atoms with Crippen LogP contribution in [0.2, 0.25) is 19.1 Å². The SMILES string of the molecule is C[SiH](C)CCC1CCCCC1. The molecule has 1 saturated carbocycles. The second-order valence-corrected chi connectivity index (χ2v) is 7.84. The van der Waals surface area contributed by atoms with E-state index in [4.69, 9.17) is 0 Å². The normalized spacial score (nSPS) is 21.0. The first-order valence-corrected chi connectivity index (χ1v) is 8.41. The van der Waals surface area contributed by atoms with Gasteiger partial charge in [0.05, 0.1) is 0 Å². The highest BCUT2D eigenvalue weighted by molar-refractivity contribution is 6.55. The Labute approximate surface area is 73.0 Å². The van der Waals surface area contributed by atoms with Gasteiger partial charge in [-0.3, -0.25) is 0 Å². The van der Waals surface area contributed by atoms with Gasteiger partial charge in [0.25, 0.3) is 0 Å². The maximum absolute atomic E-state index is 2.48. The Morgan fingerprint density at radius 1 is 1.09 bits per heavy atom. The molecule has 66 valence electrons. The van der Waals surface area contributed by atoms with Crippen molar-refractivity contribution in [1.82, 2.24) is 0 Å². The predicted molar refractivity (Wildman–Crippen MR) is 54.9 cm³/mol. The third kappa shape index (κ3) is 3.95. The Kier molecular flexibility index (Phi) is 4.20. The van der Waals surface area contributed by atoms with Gasteiger partial charge >= 0.3 is 0 Å². The van der Waals surface area contributed by atoms with Gasteiger partial charge < -0.3 is 0 Å². The molecule has 1 heteroatoms. The van der Waals surface area contributed by atoms with E-state index in [0.717, 1.165) is 5.92 Å². The highest BCUT2D eigenvalue weighted by Crippen LogP contribution is 2.27. The first-order chi connectivity index (χ1) is 5.29. The summed E-state index contributed by atoms with van der Waals surface area (Å²) in [5, 5.41) is 0. The molecule has 1 rings (SSSR count). The second-order valence-electron chi connectivity index (χ2n) is 4.48. The van der Waals surface area contributed by atoms with Crippen molar-refractivity contribution in [3.8, 4) is 0 Å². The van der Waals surface area contributed by atoms with Crippen LogP contribution < -0.4 is 0 Å². The van der Waals surface area contributed by atoms with Crippen LogP contribution in [0.5, 0.6) is 0 Å². The van der Waals surface area contributed by atoms with Crippen LogP contribution in [-0.4, -0.2) is 8.80 Å². The molecule has 0 nitrogen and oxygen atoms in total. The van der Waals surface area contributed by atoms with E-state index in [1.54, 1.807) is 25.3 Å². The van der Waals surface area contributed by atoms with Crippen LogP contribution >= 0.6 is 0 Å². The Morgan fingerprint density at radius 2 is 1.73 bits per heavy atom. The van der Waals surface area contributed by atoms with Gasteiger partial charge in [0.1, 0.15) is 0 Å². The molecule has 0 aromatic rings. The lowest BCUT2D eigenvalue weighted by Gasteiger charge is -2.21. The molecule has 0 bridgehead atoms. The smallest absolute Gasteiger partial charge is 0.0305 e. The van der Waals surface area contributed by atoms with E-state index in [1.807, 2.05) is 0 Å². The van der Waals surface area contributed by atoms with Gasteiger partial charge in [-0.2, -0.15) is 0 Å². The van der Waals surface area contributed by atoms with Crippen LogP contribution in [0.15, 0.2) is 0 Å². The zero-order valence-corrected chi connectivity index (χ0v) is 9.26. The van der Waals surface area contributed by atoms with Crippen molar-refractivity contribution in [1.29, 1.82) is 0 Å². The molecule has 1 aliphatic rings. The highest BCUT2D eigenvalue weighted by atomic mass is 28.3. The fraction of sp³-hybridized carbons (Fsp3) is 1.00. The molecule has 1 aliphatic carbocycles. The van der Waals surface area contributed by atoms with Crippen LogP contribution in [0.3, 0.4) is 0 Å². The number of rotatable bonds is 3. The Morgan fingerprint density at radius 3 is 2.27 bits per heavy atom. The number of hydrogen-bond donors (Lipinski definition) is 0. The summed E-state index contributed by atoms with van der Waals surface area (Å²) in [7, 11) is -0.241. The van der Waals surface area contributed by atoms with Gasteiger partial charge in [-0.05, 0) is 5.92 Å². The van der Waals surface area contributed by atoms with Crippen LogP contribution in [0.1, 0.15) is 38.5 Å². The fourth-order valence-corrected chi connectivity index (χ4v) is 3.18. The van der Waals surface area contributed by atoms with Crippen molar-refractivity contribution < 1.29 is 0 Å². The highest BCUT2D eigenvalue weighted by Gasteiger charge is 2.13. The van der Waals surface area contributed by atoms with Gasteiger partial charge in [0, 0.05) is 8.80 Å². The summed E-state index contributed by atoms with van der Waals surface area (Å²) in [5.41, 5.74) is 0. The van der Waals surface area contributed by atoms with Gasteiger partial charge in [-0.15, -0.1) is 0 Å². The molecule has 0 aliphatic heterocycles. The first-order valence-electron chi connectivity index (χ1n) is 5.29. The molecule has 0 aromatic carbocycles. The average Bonchev–Trinajstić information content (AvgIpc) is 2.03. The van der Waals surface area contributed by atoms with Gasteiger partial charge in [0.15, 0.2) is 0 Å². The van der Waals surface area contributed by atoms with Crippen molar-refractivity contribution in [3.63, 3.8) is 0 Å². The molecule has 0 heterocycles. The van der Waals surface area contributed by atoms with Crippen molar-refractivity contribution in [2.24, 2.45) is 5.92 Å². The predicted octanol–water partition coefficient (Wildman–Crippen LogP) is 3.44. The monoisotopic (exact) mass is 170 g/mol. The first kappa shape index (κ1) is 9.31. The van der Waals surface area contributed by atoms with Crippen LogP contribution in [0, 0.1) is 5.92 Å². The standard InChI is InChI=1S/C10H22Si/c1-11(2)9-8-10-6-4-3-5-7-10/h10-11H,3-9H2,1-2H3.